The van der Waals surface area contributed by atoms with Gasteiger partial charge in [0.1, 0.15) is 5.82 Å². The van der Waals surface area contributed by atoms with Crippen molar-refractivity contribution < 1.29 is 9.18 Å². The molecule has 0 saturated carbocycles. The molecule has 1 unspecified atom stereocenters. The Balaban J connectivity index is 2.80. The average molecular weight is 268 g/mol. The molecule has 3 nitrogen and oxygen atoms in total. The number of nitrogens with two attached hydrogens (primary N) is 1. The molecule has 0 fully saturated rings. The van der Waals surface area contributed by atoms with Gasteiger partial charge in [-0.05, 0) is 38.5 Å². The van der Waals surface area contributed by atoms with E-state index in [0.717, 1.165) is 0 Å². The molecule has 1 aromatic carbocycles. The van der Waals surface area contributed by atoms with Crippen molar-refractivity contribution >= 4 is 23.1 Å². The number of thiocarbonyl (C=S) groups is 1. The third-order valence-corrected chi connectivity index (χ3v) is 3.39. The summed E-state index contributed by atoms with van der Waals surface area (Å²) in [6.07, 6.45) is 0. The highest BCUT2D eigenvalue weighted by molar-refractivity contribution is 7.80. The van der Waals surface area contributed by atoms with E-state index in [1.807, 2.05) is 0 Å². The molecule has 1 atom stereocenters. The second-order valence-corrected chi connectivity index (χ2v) is 5.18. The third kappa shape index (κ3) is 3.26. The SMILES string of the molecule is CC(NC(=O)C(C)(C)C(N)=S)c1cccc(F)c1. The highest BCUT2D eigenvalue weighted by atomic mass is 32.1. The van der Waals surface area contributed by atoms with Gasteiger partial charge in [0.25, 0.3) is 0 Å². The van der Waals surface area contributed by atoms with Crippen LogP contribution < -0.4 is 11.1 Å². The summed E-state index contributed by atoms with van der Waals surface area (Å²) in [5.41, 5.74) is 5.30. The first-order chi connectivity index (χ1) is 8.25. The fourth-order valence-electron chi connectivity index (χ4n) is 1.35. The molecule has 0 aliphatic heterocycles. The zero-order valence-electron chi connectivity index (χ0n) is 10.7. The van der Waals surface area contributed by atoms with Crippen molar-refractivity contribution in [1.29, 1.82) is 0 Å². The van der Waals surface area contributed by atoms with Gasteiger partial charge in [0, 0.05) is 0 Å². The molecule has 0 radical (unpaired) electrons. The normalized spacial score (nSPS) is 12.9. The van der Waals surface area contributed by atoms with E-state index in [9.17, 15) is 9.18 Å². The van der Waals surface area contributed by atoms with Crippen LogP contribution in [-0.2, 0) is 4.79 Å². The zero-order chi connectivity index (χ0) is 13.9. The lowest BCUT2D eigenvalue weighted by Crippen LogP contribution is -2.45. The van der Waals surface area contributed by atoms with Gasteiger partial charge in [0.15, 0.2) is 0 Å². The third-order valence-electron chi connectivity index (χ3n) is 2.88. The van der Waals surface area contributed by atoms with E-state index in [1.54, 1.807) is 32.9 Å². The van der Waals surface area contributed by atoms with Crippen molar-refractivity contribution in [2.45, 2.75) is 26.8 Å². The number of hydrogen-bond acceptors (Lipinski definition) is 2. The van der Waals surface area contributed by atoms with Crippen LogP contribution in [0.3, 0.4) is 0 Å². The van der Waals surface area contributed by atoms with Gasteiger partial charge in [-0.2, -0.15) is 0 Å². The van der Waals surface area contributed by atoms with Crippen LogP contribution in [0.5, 0.6) is 0 Å². The Morgan fingerprint density at radius 1 is 1.50 bits per heavy atom. The van der Waals surface area contributed by atoms with E-state index >= 15 is 0 Å². The Morgan fingerprint density at radius 2 is 2.11 bits per heavy atom. The van der Waals surface area contributed by atoms with Gasteiger partial charge in [-0.15, -0.1) is 0 Å². The van der Waals surface area contributed by atoms with E-state index in [-0.39, 0.29) is 22.8 Å². The van der Waals surface area contributed by atoms with Gasteiger partial charge >= 0.3 is 0 Å². The number of amides is 1. The number of benzene rings is 1. The van der Waals surface area contributed by atoms with Crippen LogP contribution in [0.25, 0.3) is 0 Å². The van der Waals surface area contributed by atoms with Gasteiger partial charge in [0.05, 0.1) is 16.4 Å². The number of nitrogens with one attached hydrogen (secondary N) is 1. The quantitative estimate of drug-likeness (QED) is 0.824. The fraction of sp³-hybridized carbons (Fsp3) is 0.385. The Hall–Kier alpha value is -1.49. The first kappa shape index (κ1) is 14.6. The van der Waals surface area contributed by atoms with Crippen LogP contribution >= 0.6 is 12.2 Å². The summed E-state index contributed by atoms with van der Waals surface area (Å²) in [7, 11) is 0. The van der Waals surface area contributed by atoms with E-state index in [1.165, 1.54) is 12.1 Å². The Kier molecular flexibility index (Phi) is 4.40. The highest BCUT2D eigenvalue weighted by Crippen LogP contribution is 2.19. The summed E-state index contributed by atoms with van der Waals surface area (Å²) in [6, 6.07) is 5.80. The van der Waals surface area contributed by atoms with Gasteiger partial charge in [0.2, 0.25) is 5.91 Å². The van der Waals surface area contributed by atoms with Crippen molar-refractivity contribution in [2.75, 3.05) is 0 Å². The highest BCUT2D eigenvalue weighted by Gasteiger charge is 2.31. The van der Waals surface area contributed by atoms with Gasteiger partial charge in [-0.3, -0.25) is 4.79 Å². The predicted octanol–water partition coefficient (Wildman–Crippen LogP) is 2.32. The van der Waals surface area contributed by atoms with Crippen LogP contribution in [0.2, 0.25) is 0 Å². The van der Waals surface area contributed by atoms with Crippen molar-refractivity contribution in [1.82, 2.24) is 5.32 Å². The van der Waals surface area contributed by atoms with E-state index in [2.05, 4.69) is 5.32 Å². The topological polar surface area (TPSA) is 55.1 Å². The van der Waals surface area contributed by atoms with E-state index in [0.29, 0.717) is 5.56 Å². The van der Waals surface area contributed by atoms with Crippen molar-refractivity contribution in [3.63, 3.8) is 0 Å². The maximum atomic E-state index is 13.1. The van der Waals surface area contributed by atoms with Gasteiger partial charge in [-0.25, -0.2) is 4.39 Å². The van der Waals surface area contributed by atoms with Crippen molar-refractivity contribution in [3.8, 4) is 0 Å². The predicted molar refractivity (Wildman–Crippen MR) is 73.5 cm³/mol. The maximum absolute atomic E-state index is 13.1. The minimum absolute atomic E-state index is 0.131. The Bertz CT molecular complexity index is 474. The molecule has 0 saturated heterocycles. The molecule has 5 heteroatoms. The molecule has 0 bridgehead atoms. The molecular formula is C13H17FN2OS. The molecular weight excluding hydrogens is 251 g/mol. The molecule has 0 aliphatic carbocycles. The molecule has 0 aliphatic rings. The molecule has 0 spiro atoms. The second-order valence-electron chi connectivity index (χ2n) is 4.74. The van der Waals surface area contributed by atoms with E-state index < -0.39 is 5.41 Å². The molecule has 18 heavy (non-hydrogen) atoms. The van der Waals surface area contributed by atoms with E-state index in [4.69, 9.17) is 18.0 Å². The molecule has 0 heterocycles. The average Bonchev–Trinajstić information content (AvgIpc) is 2.28. The summed E-state index contributed by atoms with van der Waals surface area (Å²) < 4.78 is 13.1. The number of carbonyl (C=O) groups excluding carboxylic acids is 1. The molecule has 1 aromatic rings. The summed E-state index contributed by atoms with van der Waals surface area (Å²) in [6.45, 7) is 5.09. The summed E-state index contributed by atoms with van der Waals surface area (Å²) in [5, 5.41) is 2.77. The second kappa shape index (κ2) is 5.44. The van der Waals surface area contributed by atoms with Crippen molar-refractivity contribution in [2.24, 2.45) is 11.1 Å². The molecule has 0 aromatic heterocycles. The lowest BCUT2D eigenvalue weighted by atomic mass is 9.91. The standard InChI is InChI=1S/C13H17FN2OS/c1-8(9-5-4-6-10(14)7-9)16-12(17)13(2,3)11(15)18/h4-8H,1-3H3,(H2,15,18)(H,16,17). The van der Waals surface area contributed by atoms with Crippen LogP contribution in [0.4, 0.5) is 4.39 Å². The summed E-state index contributed by atoms with van der Waals surface area (Å²) in [4.78, 5) is 12.1. The minimum Gasteiger partial charge on any atom is -0.392 e. The lowest BCUT2D eigenvalue weighted by molar-refractivity contribution is -0.126. The number of halogens is 1. The summed E-state index contributed by atoms with van der Waals surface area (Å²) in [5.74, 6) is -0.603. The Labute approximate surface area is 112 Å². The van der Waals surface area contributed by atoms with Gasteiger partial charge < -0.3 is 11.1 Å². The molecule has 3 N–H and O–H groups in total. The van der Waals surface area contributed by atoms with Crippen LogP contribution in [0.1, 0.15) is 32.4 Å². The summed E-state index contributed by atoms with van der Waals surface area (Å²) >= 11 is 4.86. The molecule has 1 amide bonds. The van der Waals surface area contributed by atoms with Crippen LogP contribution in [-0.4, -0.2) is 10.9 Å². The number of hydrogen-bond donors (Lipinski definition) is 2. The number of rotatable bonds is 4. The van der Waals surface area contributed by atoms with Crippen LogP contribution in [0.15, 0.2) is 24.3 Å². The van der Waals surface area contributed by atoms with Gasteiger partial charge in [-0.1, -0.05) is 24.4 Å². The largest absolute Gasteiger partial charge is 0.392 e. The smallest absolute Gasteiger partial charge is 0.232 e. The van der Waals surface area contributed by atoms with Crippen LogP contribution in [0, 0.1) is 11.2 Å². The number of carbonyl (C=O) groups is 1. The first-order valence-corrected chi connectivity index (χ1v) is 6.02. The Morgan fingerprint density at radius 3 is 2.61 bits per heavy atom. The zero-order valence-corrected chi connectivity index (χ0v) is 11.5. The fourth-order valence-corrected chi connectivity index (χ4v) is 1.44. The molecule has 98 valence electrons. The molecule has 1 rings (SSSR count). The maximum Gasteiger partial charge on any atom is 0.232 e. The monoisotopic (exact) mass is 268 g/mol. The van der Waals surface area contributed by atoms with Crippen molar-refractivity contribution in [3.05, 3.63) is 35.6 Å². The minimum atomic E-state index is -0.920. The first-order valence-electron chi connectivity index (χ1n) is 5.61. The lowest BCUT2D eigenvalue weighted by Gasteiger charge is -2.25.